The van der Waals surface area contributed by atoms with Gasteiger partial charge in [0.05, 0.1) is 24.8 Å². The van der Waals surface area contributed by atoms with E-state index in [1.54, 1.807) is 7.05 Å². The van der Waals surface area contributed by atoms with Gasteiger partial charge in [0.15, 0.2) is 5.96 Å². The lowest BCUT2D eigenvalue weighted by Crippen LogP contribution is -2.51. The second kappa shape index (κ2) is 8.41. The Kier molecular flexibility index (Phi) is 6.54. The van der Waals surface area contributed by atoms with Gasteiger partial charge in [-0.05, 0) is 18.6 Å². The summed E-state index contributed by atoms with van der Waals surface area (Å²) in [5.41, 5.74) is 0.204. The number of rotatable bonds is 7. The average Bonchev–Trinajstić information content (AvgIpc) is 2.53. The maximum absolute atomic E-state index is 6.14. The highest BCUT2D eigenvalue weighted by molar-refractivity contribution is 6.32. The maximum atomic E-state index is 6.14. The smallest absolute Gasteiger partial charge is 0.191 e. The van der Waals surface area contributed by atoms with Crippen molar-refractivity contribution in [2.24, 2.45) is 10.4 Å². The Labute approximate surface area is 143 Å². The van der Waals surface area contributed by atoms with Crippen LogP contribution in [0.25, 0.3) is 0 Å². The van der Waals surface area contributed by atoms with Crippen molar-refractivity contribution in [3.05, 3.63) is 29.3 Å². The van der Waals surface area contributed by atoms with Crippen LogP contribution in [0.1, 0.15) is 20.3 Å². The van der Waals surface area contributed by atoms with E-state index in [1.807, 2.05) is 24.3 Å². The molecule has 23 heavy (non-hydrogen) atoms. The van der Waals surface area contributed by atoms with Gasteiger partial charge in [-0.3, -0.25) is 4.99 Å². The highest BCUT2D eigenvalue weighted by Gasteiger charge is 2.33. The summed E-state index contributed by atoms with van der Waals surface area (Å²) in [6.07, 6.45) is 0.900. The first-order chi connectivity index (χ1) is 11.1. The molecule has 0 aliphatic carbocycles. The summed E-state index contributed by atoms with van der Waals surface area (Å²) in [6, 6.07) is 7.53. The SMILES string of the molecule is CCC(CNC(=NC)NCC1(C)COC1)Oc1ccccc1Cl. The van der Waals surface area contributed by atoms with Crippen LogP contribution in [0.4, 0.5) is 0 Å². The summed E-state index contributed by atoms with van der Waals surface area (Å²) >= 11 is 6.14. The first-order valence-corrected chi connectivity index (χ1v) is 8.37. The molecule has 0 bridgehead atoms. The molecule has 2 rings (SSSR count). The molecule has 1 aliphatic rings. The van der Waals surface area contributed by atoms with Crippen LogP contribution in [0, 0.1) is 5.41 Å². The molecule has 2 N–H and O–H groups in total. The normalized spacial score (nSPS) is 18.0. The lowest BCUT2D eigenvalue weighted by molar-refractivity contribution is -0.0971. The summed E-state index contributed by atoms with van der Waals surface area (Å²) in [4.78, 5) is 4.25. The van der Waals surface area contributed by atoms with Crippen LogP contribution < -0.4 is 15.4 Å². The summed E-state index contributed by atoms with van der Waals surface area (Å²) < 4.78 is 11.2. The number of nitrogens with zero attached hydrogens (tertiary/aromatic N) is 1. The lowest BCUT2D eigenvalue weighted by atomic mass is 9.89. The molecule has 0 amide bonds. The van der Waals surface area contributed by atoms with Crippen molar-refractivity contribution < 1.29 is 9.47 Å². The second-order valence-corrected chi connectivity index (χ2v) is 6.60. The topological polar surface area (TPSA) is 54.9 Å². The van der Waals surface area contributed by atoms with Gasteiger partial charge in [-0.1, -0.05) is 37.6 Å². The van der Waals surface area contributed by atoms with Crippen LogP contribution in [0.5, 0.6) is 5.75 Å². The Morgan fingerprint density at radius 2 is 2.13 bits per heavy atom. The van der Waals surface area contributed by atoms with Gasteiger partial charge in [0.2, 0.25) is 0 Å². The Morgan fingerprint density at radius 1 is 1.39 bits per heavy atom. The third-order valence-corrected chi connectivity index (χ3v) is 4.20. The van der Waals surface area contributed by atoms with Gasteiger partial charge in [-0.2, -0.15) is 0 Å². The number of nitrogens with one attached hydrogen (secondary N) is 2. The number of guanidine groups is 1. The van der Waals surface area contributed by atoms with Crippen molar-refractivity contribution in [2.45, 2.75) is 26.4 Å². The van der Waals surface area contributed by atoms with Crippen LogP contribution in [0.3, 0.4) is 0 Å². The monoisotopic (exact) mass is 339 g/mol. The van der Waals surface area contributed by atoms with Crippen molar-refractivity contribution >= 4 is 17.6 Å². The second-order valence-electron chi connectivity index (χ2n) is 6.19. The van der Waals surface area contributed by atoms with Gasteiger partial charge < -0.3 is 20.1 Å². The Morgan fingerprint density at radius 3 is 2.70 bits per heavy atom. The molecule has 0 aromatic heterocycles. The fourth-order valence-electron chi connectivity index (χ4n) is 2.27. The Bertz CT molecular complexity index is 532. The highest BCUT2D eigenvalue weighted by atomic mass is 35.5. The van der Waals surface area contributed by atoms with Gasteiger partial charge >= 0.3 is 0 Å². The molecule has 1 saturated heterocycles. The van der Waals surface area contributed by atoms with Crippen LogP contribution in [-0.2, 0) is 4.74 Å². The van der Waals surface area contributed by atoms with Crippen LogP contribution in [0.2, 0.25) is 5.02 Å². The molecule has 0 radical (unpaired) electrons. The Balaban J connectivity index is 1.80. The van der Waals surface area contributed by atoms with E-state index >= 15 is 0 Å². The third kappa shape index (κ3) is 5.29. The molecule has 1 aromatic rings. The number of hydrogen-bond donors (Lipinski definition) is 2. The minimum Gasteiger partial charge on any atom is -0.487 e. The molecule has 0 spiro atoms. The summed E-state index contributed by atoms with van der Waals surface area (Å²) in [6.45, 7) is 7.39. The van der Waals surface area contributed by atoms with Crippen molar-refractivity contribution in [1.82, 2.24) is 10.6 Å². The molecule has 1 heterocycles. The minimum absolute atomic E-state index is 0.0241. The van der Waals surface area contributed by atoms with E-state index in [0.717, 1.165) is 32.1 Å². The molecule has 6 heteroatoms. The maximum Gasteiger partial charge on any atom is 0.191 e. The zero-order valence-electron chi connectivity index (χ0n) is 14.1. The standard InChI is InChI=1S/C17H26ClN3O2/c1-4-13(23-15-8-6-5-7-14(15)18)9-20-16(19-3)21-10-17(2)11-22-12-17/h5-8,13H,4,9-12H2,1-3H3,(H2,19,20,21). The summed E-state index contributed by atoms with van der Waals surface area (Å²) in [7, 11) is 1.77. The number of hydrogen-bond acceptors (Lipinski definition) is 3. The molecule has 1 fully saturated rings. The molecule has 5 nitrogen and oxygen atoms in total. The predicted molar refractivity (Wildman–Crippen MR) is 94.4 cm³/mol. The fourth-order valence-corrected chi connectivity index (χ4v) is 2.45. The molecule has 1 aromatic carbocycles. The predicted octanol–water partition coefficient (Wildman–Crippen LogP) is 2.70. The van der Waals surface area contributed by atoms with Crippen molar-refractivity contribution in [1.29, 1.82) is 0 Å². The first-order valence-electron chi connectivity index (χ1n) is 8.00. The van der Waals surface area contributed by atoms with Gasteiger partial charge in [0.25, 0.3) is 0 Å². The van der Waals surface area contributed by atoms with Crippen LogP contribution >= 0.6 is 11.6 Å². The number of para-hydroxylation sites is 1. The van der Waals surface area contributed by atoms with Gasteiger partial charge in [-0.25, -0.2) is 0 Å². The molecular formula is C17H26ClN3O2. The molecule has 128 valence electrons. The molecule has 1 aliphatic heterocycles. The number of ether oxygens (including phenoxy) is 2. The first kappa shape index (κ1) is 17.9. The molecule has 0 saturated carbocycles. The van der Waals surface area contributed by atoms with E-state index in [9.17, 15) is 0 Å². The number of halogens is 1. The quantitative estimate of drug-likeness (QED) is 0.592. The minimum atomic E-state index is 0.0241. The fraction of sp³-hybridized carbons (Fsp3) is 0.588. The number of benzene rings is 1. The molecule has 1 atom stereocenters. The summed E-state index contributed by atoms with van der Waals surface area (Å²) in [5.74, 6) is 1.49. The van der Waals surface area contributed by atoms with Crippen molar-refractivity contribution in [2.75, 3.05) is 33.4 Å². The largest absolute Gasteiger partial charge is 0.487 e. The number of aliphatic imine (C=N–C) groups is 1. The van der Waals surface area contributed by atoms with E-state index in [0.29, 0.717) is 17.3 Å². The Hall–Kier alpha value is -1.46. The van der Waals surface area contributed by atoms with E-state index in [4.69, 9.17) is 21.1 Å². The van der Waals surface area contributed by atoms with E-state index in [1.165, 1.54) is 0 Å². The molecule has 1 unspecified atom stereocenters. The average molecular weight is 340 g/mol. The molecular weight excluding hydrogens is 314 g/mol. The van der Waals surface area contributed by atoms with Gasteiger partial charge in [0.1, 0.15) is 11.9 Å². The van der Waals surface area contributed by atoms with Gasteiger partial charge in [0, 0.05) is 19.0 Å². The van der Waals surface area contributed by atoms with Crippen molar-refractivity contribution in [3.8, 4) is 5.75 Å². The zero-order valence-corrected chi connectivity index (χ0v) is 14.8. The lowest BCUT2D eigenvalue weighted by Gasteiger charge is -2.38. The van der Waals surface area contributed by atoms with Crippen LogP contribution in [-0.4, -0.2) is 45.4 Å². The van der Waals surface area contributed by atoms with E-state index in [-0.39, 0.29) is 11.5 Å². The van der Waals surface area contributed by atoms with E-state index in [2.05, 4.69) is 29.5 Å². The van der Waals surface area contributed by atoms with Crippen molar-refractivity contribution in [3.63, 3.8) is 0 Å². The zero-order chi connectivity index (χ0) is 16.7. The van der Waals surface area contributed by atoms with Gasteiger partial charge in [-0.15, -0.1) is 0 Å². The third-order valence-electron chi connectivity index (χ3n) is 3.89. The van der Waals surface area contributed by atoms with E-state index < -0.39 is 0 Å². The highest BCUT2D eigenvalue weighted by Crippen LogP contribution is 2.25. The summed E-state index contributed by atoms with van der Waals surface area (Å²) in [5, 5.41) is 7.29. The van der Waals surface area contributed by atoms with Crippen LogP contribution in [0.15, 0.2) is 29.3 Å².